The molecule has 0 heterocycles. The first kappa shape index (κ1) is 23.2. The highest BCUT2D eigenvalue weighted by atomic mass is 79.9. The van der Waals surface area contributed by atoms with E-state index in [2.05, 4.69) is 21.2 Å². The molecule has 1 N–H and O–H groups in total. The zero-order chi connectivity index (χ0) is 21.6. The third-order valence-electron chi connectivity index (χ3n) is 4.08. The monoisotopic (exact) mass is 480 g/mol. The Morgan fingerprint density at radius 2 is 1.83 bits per heavy atom. The van der Waals surface area contributed by atoms with Crippen LogP contribution in [0.2, 0.25) is 5.02 Å². The molecule has 0 radical (unpaired) electrons. The number of carbonyl (C=O) groups excluding carboxylic acids is 2. The maximum absolute atomic E-state index is 13.0. The topological polar surface area (TPSA) is 58.6 Å². The van der Waals surface area contributed by atoms with Gasteiger partial charge in [0, 0.05) is 21.6 Å². The summed E-state index contributed by atoms with van der Waals surface area (Å²) < 4.78 is 6.51. The van der Waals surface area contributed by atoms with Gasteiger partial charge in [0.05, 0.1) is 0 Å². The molecular formula is C22H26BrClN2O3. The van der Waals surface area contributed by atoms with E-state index in [4.69, 9.17) is 16.3 Å². The number of benzene rings is 2. The molecule has 2 amide bonds. The van der Waals surface area contributed by atoms with Crippen LogP contribution in [0.5, 0.6) is 5.75 Å². The van der Waals surface area contributed by atoms with Crippen LogP contribution in [-0.2, 0) is 16.1 Å². The zero-order valence-corrected chi connectivity index (χ0v) is 19.4. The highest BCUT2D eigenvalue weighted by molar-refractivity contribution is 9.10. The Kier molecular flexibility index (Phi) is 8.11. The largest absolute Gasteiger partial charge is 0.484 e. The Morgan fingerprint density at radius 1 is 1.17 bits per heavy atom. The number of nitrogens with zero attached hydrogens (tertiary/aromatic N) is 1. The molecule has 0 aromatic heterocycles. The van der Waals surface area contributed by atoms with Crippen LogP contribution < -0.4 is 10.1 Å². The average molecular weight is 482 g/mol. The van der Waals surface area contributed by atoms with E-state index in [0.29, 0.717) is 17.3 Å². The number of ether oxygens (including phenoxy) is 1. The number of halogens is 2. The predicted octanol–water partition coefficient (Wildman–Crippen LogP) is 4.81. The quantitative estimate of drug-likeness (QED) is 0.617. The van der Waals surface area contributed by atoms with Crippen molar-refractivity contribution >= 4 is 39.3 Å². The lowest BCUT2D eigenvalue weighted by Gasteiger charge is -2.31. The minimum atomic E-state index is -0.658. The summed E-state index contributed by atoms with van der Waals surface area (Å²) in [6.45, 7) is 7.55. The molecule has 0 aliphatic carbocycles. The van der Waals surface area contributed by atoms with Crippen molar-refractivity contribution in [1.29, 1.82) is 0 Å². The van der Waals surface area contributed by atoms with Crippen molar-refractivity contribution in [2.45, 2.75) is 45.8 Å². The highest BCUT2D eigenvalue weighted by Crippen LogP contribution is 2.18. The fourth-order valence-electron chi connectivity index (χ4n) is 2.65. The van der Waals surface area contributed by atoms with Crippen molar-refractivity contribution in [3.05, 3.63) is 63.6 Å². The van der Waals surface area contributed by atoms with Crippen molar-refractivity contribution in [1.82, 2.24) is 10.2 Å². The van der Waals surface area contributed by atoms with E-state index < -0.39 is 11.6 Å². The molecule has 0 bridgehead atoms. The normalized spacial score (nSPS) is 12.2. The number of carbonyl (C=O) groups is 2. The summed E-state index contributed by atoms with van der Waals surface area (Å²) in [4.78, 5) is 27.2. The van der Waals surface area contributed by atoms with Gasteiger partial charge < -0.3 is 15.0 Å². The smallest absolute Gasteiger partial charge is 0.261 e. The van der Waals surface area contributed by atoms with Crippen LogP contribution in [0.15, 0.2) is 53.0 Å². The van der Waals surface area contributed by atoms with E-state index >= 15 is 0 Å². The Morgan fingerprint density at radius 3 is 2.41 bits per heavy atom. The van der Waals surface area contributed by atoms with Gasteiger partial charge >= 0.3 is 0 Å². The van der Waals surface area contributed by atoms with Crippen molar-refractivity contribution in [2.75, 3.05) is 6.61 Å². The standard InChI is InChI=1S/C22H26BrClN2O3/c1-15(21(28)25-22(2,3)4)26(13-16-6-5-7-17(23)12-16)20(27)14-29-19-10-8-18(24)9-11-19/h5-12,15H,13-14H2,1-4H3,(H,25,28). The van der Waals surface area contributed by atoms with Crippen LogP contribution in [0.3, 0.4) is 0 Å². The number of hydrogen-bond donors (Lipinski definition) is 1. The maximum atomic E-state index is 13.0. The van der Waals surface area contributed by atoms with E-state index in [1.165, 1.54) is 4.90 Å². The molecule has 2 aromatic rings. The molecule has 5 nitrogen and oxygen atoms in total. The molecule has 2 aromatic carbocycles. The molecule has 1 atom stereocenters. The van der Waals surface area contributed by atoms with Gasteiger partial charge in [-0.15, -0.1) is 0 Å². The third-order valence-corrected chi connectivity index (χ3v) is 4.83. The molecule has 0 aliphatic rings. The molecular weight excluding hydrogens is 456 g/mol. The minimum absolute atomic E-state index is 0.178. The molecule has 0 spiro atoms. The van der Waals surface area contributed by atoms with Crippen LogP contribution in [-0.4, -0.2) is 34.9 Å². The summed E-state index contributed by atoms with van der Waals surface area (Å²) >= 11 is 9.32. The first-order valence-electron chi connectivity index (χ1n) is 9.29. The molecule has 0 saturated heterocycles. The number of hydrogen-bond acceptors (Lipinski definition) is 3. The summed E-state index contributed by atoms with van der Waals surface area (Å²) in [5.74, 6) is 0.0424. The van der Waals surface area contributed by atoms with Gasteiger partial charge in [0.1, 0.15) is 11.8 Å². The first-order chi connectivity index (χ1) is 13.5. The SMILES string of the molecule is CC(C(=O)NC(C)(C)C)N(Cc1cccc(Br)c1)C(=O)COc1ccc(Cl)cc1. The fourth-order valence-corrected chi connectivity index (χ4v) is 3.22. The van der Waals surface area contributed by atoms with Crippen molar-refractivity contribution in [2.24, 2.45) is 0 Å². The van der Waals surface area contributed by atoms with Gasteiger partial charge in [-0.3, -0.25) is 9.59 Å². The Hall–Kier alpha value is -2.05. The van der Waals surface area contributed by atoms with Crippen LogP contribution in [0.1, 0.15) is 33.3 Å². The van der Waals surface area contributed by atoms with Crippen molar-refractivity contribution in [3.63, 3.8) is 0 Å². The zero-order valence-electron chi connectivity index (χ0n) is 17.0. The lowest BCUT2D eigenvalue weighted by Crippen LogP contribution is -2.53. The van der Waals surface area contributed by atoms with Crippen LogP contribution in [0.4, 0.5) is 0 Å². The molecule has 156 valence electrons. The van der Waals surface area contributed by atoms with Gasteiger partial charge in [0.25, 0.3) is 5.91 Å². The van der Waals surface area contributed by atoms with Crippen molar-refractivity contribution in [3.8, 4) is 5.75 Å². The molecule has 29 heavy (non-hydrogen) atoms. The Labute approximate surface area is 185 Å². The van der Waals surface area contributed by atoms with Gasteiger partial charge in [-0.1, -0.05) is 39.7 Å². The summed E-state index contributed by atoms with van der Waals surface area (Å²) in [5.41, 5.74) is 0.518. The van der Waals surface area contributed by atoms with E-state index in [1.807, 2.05) is 45.0 Å². The molecule has 0 saturated carbocycles. The Balaban J connectivity index is 2.16. The second kappa shape index (κ2) is 10.1. The maximum Gasteiger partial charge on any atom is 0.261 e. The van der Waals surface area contributed by atoms with Gasteiger partial charge in [-0.2, -0.15) is 0 Å². The van der Waals surface area contributed by atoms with Gasteiger partial charge in [-0.05, 0) is 69.7 Å². The summed E-state index contributed by atoms with van der Waals surface area (Å²) in [5, 5.41) is 3.52. The number of rotatable bonds is 7. The molecule has 0 aliphatic heterocycles. The molecule has 1 unspecified atom stereocenters. The summed E-state index contributed by atoms with van der Waals surface area (Å²) in [6.07, 6.45) is 0. The first-order valence-corrected chi connectivity index (χ1v) is 10.5. The minimum Gasteiger partial charge on any atom is -0.484 e. The lowest BCUT2D eigenvalue weighted by molar-refractivity contribution is -0.142. The van der Waals surface area contributed by atoms with E-state index in [9.17, 15) is 9.59 Å². The lowest BCUT2D eigenvalue weighted by atomic mass is 10.1. The summed E-state index contributed by atoms with van der Waals surface area (Å²) in [7, 11) is 0. The molecule has 7 heteroatoms. The van der Waals surface area contributed by atoms with Gasteiger partial charge in [-0.25, -0.2) is 0 Å². The van der Waals surface area contributed by atoms with Crippen LogP contribution in [0, 0.1) is 0 Å². The van der Waals surface area contributed by atoms with Crippen LogP contribution in [0.25, 0.3) is 0 Å². The molecule has 0 fully saturated rings. The molecule has 2 rings (SSSR count). The third kappa shape index (κ3) is 7.71. The van der Waals surface area contributed by atoms with Crippen molar-refractivity contribution < 1.29 is 14.3 Å². The Bertz CT molecular complexity index is 850. The second-order valence-electron chi connectivity index (χ2n) is 7.81. The van der Waals surface area contributed by atoms with Gasteiger partial charge in [0.15, 0.2) is 6.61 Å². The predicted molar refractivity (Wildman–Crippen MR) is 119 cm³/mol. The summed E-state index contributed by atoms with van der Waals surface area (Å²) in [6, 6.07) is 13.8. The second-order valence-corrected chi connectivity index (χ2v) is 9.16. The van der Waals surface area contributed by atoms with E-state index in [-0.39, 0.29) is 18.4 Å². The average Bonchev–Trinajstić information content (AvgIpc) is 2.63. The van der Waals surface area contributed by atoms with E-state index in [0.717, 1.165) is 10.0 Å². The van der Waals surface area contributed by atoms with Crippen LogP contribution >= 0.6 is 27.5 Å². The highest BCUT2D eigenvalue weighted by Gasteiger charge is 2.28. The number of nitrogens with one attached hydrogen (secondary N) is 1. The fraction of sp³-hybridized carbons (Fsp3) is 0.364. The van der Waals surface area contributed by atoms with Gasteiger partial charge in [0.2, 0.25) is 5.91 Å². The number of amides is 2. The van der Waals surface area contributed by atoms with E-state index in [1.54, 1.807) is 31.2 Å².